The van der Waals surface area contributed by atoms with Crippen molar-refractivity contribution in [2.75, 3.05) is 43.6 Å². The summed E-state index contributed by atoms with van der Waals surface area (Å²) in [4.78, 5) is 15.8. The van der Waals surface area contributed by atoms with Gasteiger partial charge in [-0.1, -0.05) is 0 Å². The third-order valence-electron chi connectivity index (χ3n) is 4.61. The molecule has 9 nitrogen and oxygen atoms in total. The van der Waals surface area contributed by atoms with Gasteiger partial charge in [0.2, 0.25) is 11.7 Å². The molecule has 2 heterocycles. The van der Waals surface area contributed by atoms with Crippen molar-refractivity contribution in [3.05, 3.63) is 48.5 Å². The molecule has 1 amide bonds. The number of amides is 1. The summed E-state index contributed by atoms with van der Waals surface area (Å²) in [7, 11) is 1.59. The Morgan fingerprint density at radius 3 is 2.52 bits per heavy atom. The molecule has 4 rings (SSSR count). The number of carbonyl (C=O) groups excluding carboxylic acids is 1. The fraction of sp³-hybridized carbons (Fsp3) is 0.300. The van der Waals surface area contributed by atoms with Crippen LogP contribution in [0.5, 0.6) is 5.75 Å². The van der Waals surface area contributed by atoms with Crippen molar-refractivity contribution >= 4 is 17.3 Å². The molecule has 1 saturated heterocycles. The lowest BCUT2D eigenvalue weighted by molar-refractivity contribution is -0.117. The standard InChI is InChI=1S/C20H22N6O3/c1-28-18-8-4-16(5-9-18)21-19(27)14-26-23-20(22-24-26)15-2-6-17(7-3-15)25-10-12-29-13-11-25/h2-9H,10-14H2,1H3,(H,21,27). The van der Waals surface area contributed by atoms with Crippen LogP contribution in [-0.4, -0.2) is 59.5 Å². The van der Waals surface area contributed by atoms with E-state index in [1.165, 1.54) is 4.80 Å². The second-order valence-corrected chi connectivity index (χ2v) is 6.57. The fourth-order valence-electron chi connectivity index (χ4n) is 3.07. The van der Waals surface area contributed by atoms with Crippen molar-refractivity contribution < 1.29 is 14.3 Å². The van der Waals surface area contributed by atoms with Gasteiger partial charge in [-0.3, -0.25) is 4.79 Å². The number of hydrogen-bond acceptors (Lipinski definition) is 7. The van der Waals surface area contributed by atoms with Crippen molar-refractivity contribution in [2.24, 2.45) is 0 Å². The first kappa shape index (κ1) is 18.9. The summed E-state index contributed by atoms with van der Waals surface area (Å²) in [6, 6.07) is 15.1. The molecule has 9 heteroatoms. The van der Waals surface area contributed by atoms with Crippen molar-refractivity contribution in [3.63, 3.8) is 0 Å². The van der Waals surface area contributed by atoms with Gasteiger partial charge in [0.15, 0.2) is 0 Å². The van der Waals surface area contributed by atoms with E-state index >= 15 is 0 Å². The van der Waals surface area contributed by atoms with Crippen LogP contribution < -0.4 is 15.0 Å². The molecule has 2 aromatic carbocycles. The van der Waals surface area contributed by atoms with Crippen LogP contribution in [0.3, 0.4) is 0 Å². The first-order valence-corrected chi connectivity index (χ1v) is 9.36. The SMILES string of the molecule is COc1ccc(NC(=O)Cn2nnc(-c3ccc(N4CCOCC4)cc3)n2)cc1. The molecule has 1 aliphatic rings. The van der Waals surface area contributed by atoms with E-state index in [4.69, 9.17) is 9.47 Å². The van der Waals surface area contributed by atoms with Crippen molar-refractivity contribution in [2.45, 2.75) is 6.54 Å². The van der Waals surface area contributed by atoms with Crippen molar-refractivity contribution in [1.82, 2.24) is 20.2 Å². The maximum atomic E-state index is 12.2. The minimum absolute atomic E-state index is 0.0229. The Balaban J connectivity index is 1.36. The Morgan fingerprint density at radius 1 is 1.10 bits per heavy atom. The monoisotopic (exact) mass is 394 g/mol. The Morgan fingerprint density at radius 2 is 1.83 bits per heavy atom. The lowest BCUT2D eigenvalue weighted by Gasteiger charge is -2.28. The highest BCUT2D eigenvalue weighted by atomic mass is 16.5. The first-order valence-electron chi connectivity index (χ1n) is 9.36. The third kappa shape index (κ3) is 4.69. The molecule has 0 unspecified atom stereocenters. The molecule has 29 heavy (non-hydrogen) atoms. The third-order valence-corrected chi connectivity index (χ3v) is 4.61. The maximum absolute atomic E-state index is 12.2. The lowest BCUT2D eigenvalue weighted by Crippen LogP contribution is -2.36. The molecule has 1 fully saturated rings. The summed E-state index contributed by atoms with van der Waals surface area (Å²) in [5, 5.41) is 15.2. The lowest BCUT2D eigenvalue weighted by atomic mass is 10.2. The Labute approximate surface area is 168 Å². The summed E-state index contributed by atoms with van der Waals surface area (Å²) in [5.41, 5.74) is 2.67. The van der Waals surface area contributed by atoms with Crippen molar-refractivity contribution in [3.8, 4) is 17.1 Å². The first-order chi connectivity index (χ1) is 14.2. The minimum atomic E-state index is -0.234. The van der Waals surface area contributed by atoms with Gasteiger partial charge in [0.25, 0.3) is 0 Å². The van der Waals surface area contributed by atoms with Crippen LogP contribution in [0.1, 0.15) is 0 Å². The van der Waals surface area contributed by atoms with Crippen LogP contribution in [0, 0.1) is 0 Å². The molecular formula is C20H22N6O3. The van der Waals surface area contributed by atoms with E-state index in [0.717, 1.165) is 43.3 Å². The Kier molecular flexibility index (Phi) is 5.66. The average molecular weight is 394 g/mol. The highest BCUT2D eigenvalue weighted by Crippen LogP contribution is 2.21. The van der Waals surface area contributed by atoms with Gasteiger partial charge in [0.1, 0.15) is 12.3 Å². The normalized spacial score (nSPS) is 13.9. The Hall–Kier alpha value is -3.46. The number of carbonyl (C=O) groups is 1. The number of hydrogen-bond donors (Lipinski definition) is 1. The molecule has 1 N–H and O–H groups in total. The van der Waals surface area contributed by atoms with Crippen LogP contribution in [0.2, 0.25) is 0 Å². The van der Waals surface area contributed by atoms with Gasteiger partial charge in [-0.2, -0.15) is 4.80 Å². The second-order valence-electron chi connectivity index (χ2n) is 6.57. The van der Waals surface area contributed by atoms with E-state index < -0.39 is 0 Å². The predicted octanol–water partition coefficient (Wildman–Crippen LogP) is 1.82. The van der Waals surface area contributed by atoms with E-state index in [-0.39, 0.29) is 12.5 Å². The minimum Gasteiger partial charge on any atom is -0.497 e. The number of rotatable bonds is 6. The van der Waals surface area contributed by atoms with Crippen molar-refractivity contribution in [1.29, 1.82) is 0 Å². The summed E-state index contributed by atoms with van der Waals surface area (Å²) < 4.78 is 10.5. The van der Waals surface area contributed by atoms with Gasteiger partial charge in [0, 0.05) is 30.0 Å². The van der Waals surface area contributed by atoms with E-state index in [0.29, 0.717) is 11.5 Å². The second kappa shape index (κ2) is 8.70. The molecule has 3 aromatic rings. The number of nitrogens with one attached hydrogen (secondary N) is 1. The van der Waals surface area contributed by atoms with E-state index in [1.54, 1.807) is 31.4 Å². The van der Waals surface area contributed by atoms with Crippen LogP contribution in [-0.2, 0) is 16.1 Å². The molecule has 0 aliphatic carbocycles. The molecule has 0 saturated carbocycles. The zero-order valence-corrected chi connectivity index (χ0v) is 16.1. The van der Waals surface area contributed by atoms with Gasteiger partial charge < -0.3 is 19.7 Å². The largest absolute Gasteiger partial charge is 0.497 e. The van der Waals surface area contributed by atoms with Gasteiger partial charge in [-0.25, -0.2) is 0 Å². The molecule has 0 bridgehead atoms. The quantitative estimate of drug-likeness (QED) is 0.681. The fourth-order valence-corrected chi connectivity index (χ4v) is 3.07. The maximum Gasteiger partial charge on any atom is 0.248 e. The van der Waals surface area contributed by atoms with Crippen LogP contribution in [0.4, 0.5) is 11.4 Å². The number of methoxy groups -OCH3 is 1. The number of tetrazole rings is 1. The summed E-state index contributed by atoms with van der Waals surface area (Å²) in [5.74, 6) is 0.975. The number of nitrogens with zero attached hydrogens (tertiary/aromatic N) is 5. The summed E-state index contributed by atoms with van der Waals surface area (Å²) >= 11 is 0. The van der Waals surface area contributed by atoms with Crippen LogP contribution >= 0.6 is 0 Å². The van der Waals surface area contributed by atoms with Gasteiger partial charge in [-0.05, 0) is 53.7 Å². The molecule has 150 valence electrons. The smallest absolute Gasteiger partial charge is 0.248 e. The van der Waals surface area contributed by atoms with Gasteiger partial charge in [-0.15, -0.1) is 10.2 Å². The molecular weight excluding hydrogens is 372 g/mol. The number of morpholine rings is 1. The van der Waals surface area contributed by atoms with Crippen LogP contribution in [0.15, 0.2) is 48.5 Å². The highest BCUT2D eigenvalue weighted by molar-refractivity contribution is 5.90. The van der Waals surface area contributed by atoms with Crippen LogP contribution in [0.25, 0.3) is 11.4 Å². The molecule has 1 aliphatic heterocycles. The predicted molar refractivity (Wildman–Crippen MR) is 108 cm³/mol. The van der Waals surface area contributed by atoms with Gasteiger partial charge >= 0.3 is 0 Å². The zero-order chi connectivity index (χ0) is 20.1. The molecule has 0 spiro atoms. The number of anilines is 2. The summed E-state index contributed by atoms with van der Waals surface area (Å²) in [6.45, 7) is 3.24. The Bertz CT molecular complexity index is 949. The van der Waals surface area contributed by atoms with E-state index in [9.17, 15) is 4.79 Å². The average Bonchev–Trinajstić information content (AvgIpc) is 3.23. The number of benzene rings is 2. The zero-order valence-electron chi connectivity index (χ0n) is 16.1. The van der Waals surface area contributed by atoms with E-state index in [2.05, 4.69) is 25.6 Å². The number of aromatic nitrogens is 4. The molecule has 1 aromatic heterocycles. The number of ether oxygens (including phenoxy) is 2. The molecule has 0 radical (unpaired) electrons. The topological polar surface area (TPSA) is 94.4 Å². The van der Waals surface area contributed by atoms with Gasteiger partial charge in [0.05, 0.1) is 20.3 Å². The highest BCUT2D eigenvalue weighted by Gasteiger charge is 2.13. The molecule has 0 atom stereocenters. The summed E-state index contributed by atoms with van der Waals surface area (Å²) in [6.07, 6.45) is 0. The van der Waals surface area contributed by atoms with E-state index in [1.807, 2.05) is 24.3 Å².